The van der Waals surface area contributed by atoms with Gasteiger partial charge in [-0.05, 0) is 62.4 Å². The predicted molar refractivity (Wildman–Crippen MR) is 91.9 cm³/mol. The summed E-state index contributed by atoms with van der Waals surface area (Å²) in [5.41, 5.74) is 2.84. The molecule has 3 rings (SSSR count). The lowest BCUT2D eigenvalue weighted by molar-refractivity contribution is -0.139. The fourth-order valence-electron chi connectivity index (χ4n) is 3.58. The van der Waals surface area contributed by atoms with Gasteiger partial charge in [0.1, 0.15) is 5.75 Å². The SMILES string of the molecule is CCN1CCN(C(=O)[C@@H](C)Oc2ccc3c(c2)CCCC3)CC1. The molecule has 1 aromatic carbocycles. The first-order chi connectivity index (χ1) is 11.2. The maximum Gasteiger partial charge on any atom is 0.263 e. The molecule has 0 unspecified atom stereocenters. The lowest BCUT2D eigenvalue weighted by atomic mass is 9.92. The van der Waals surface area contributed by atoms with Gasteiger partial charge in [-0.15, -0.1) is 0 Å². The van der Waals surface area contributed by atoms with Crippen LogP contribution in [0.5, 0.6) is 5.75 Å². The molecule has 0 N–H and O–H groups in total. The molecule has 2 aliphatic rings. The van der Waals surface area contributed by atoms with Gasteiger partial charge in [0.25, 0.3) is 5.91 Å². The number of ether oxygens (including phenoxy) is 1. The average molecular weight is 316 g/mol. The molecule has 1 heterocycles. The van der Waals surface area contributed by atoms with Crippen LogP contribution in [-0.2, 0) is 17.6 Å². The highest BCUT2D eigenvalue weighted by molar-refractivity contribution is 5.81. The molecule has 1 aliphatic carbocycles. The minimum absolute atomic E-state index is 0.110. The molecule has 1 aliphatic heterocycles. The van der Waals surface area contributed by atoms with Crippen molar-refractivity contribution in [3.8, 4) is 5.75 Å². The van der Waals surface area contributed by atoms with Crippen molar-refractivity contribution >= 4 is 5.91 Å². The number of hydrogen-bond acceptors (Lipinski definition) is 3. The molecule has 1 atom stereocenters. The first-order valence-corrected chi connectivity index (χ1v) is 8.97. The summed E-state index contributed by atoms with van der Waals surface area (Å²) < 4.78 is 5.94. The smallest absolute Gasteiger partial charge is 0.263 e. The molecule has 1 fully saturated rings. The number of carbonyl (C=O) groups excluding carboxylic acids is 1. The Balaban J connectivity index is 1.58. The van der Waals surface area contributed by atoms with Crippen LogP contribution in [0.4, 0.5) is 0 Å². The van der Waals surface area contributed by atoms with E-state index in [0.717, 1.165) is 44.9 Å². The van der Waals surface area contributed by atoms with E-state index >= 15 is 0 Å². The molecule has 0 spiro atoms. The van der Waals surface area contributed by atoms with Crippen LogP contribution in [0.15, 0.2) is 18.2 Å². The molecule has 4 nitrogen and oxygen atoms in total. The third kappa shape index (κ3) is 3.86. The summed E-state index contributed by atoms with van der Waals surface area (Å²) in [4.78, 5) is 16.9. The topological polar surface area (TPSA) is 32.8 Å². The Bertz CT molecular complexity index is 550. The van der Waals surface area contributed by atoms with Gasteiger partial charge in [-0.3, -0.25) is 4.79 Å². The van der Waals surface area contributed by atoms with Crippen molar-refractivity contribution in [3.63, 3.8) is 0 Å². The van der Waals surface area contributed by atoms with E-state index in [-0.39, 0.29) is 5.91 Å². The first kappa shape index (κ1) is 16.3. The first-order valence-electron chi connectivity index (χ1n) is 8.97. The number of rotatable bonds is 4. The highest BCUT2D eigenvalue weighted by Crippen LogP contribution is 2.26. The monoisotopic (exact) mass is 316 g/mol. The summed E-state index contributed by atoms with van der Waals surface area (Å²) in [7, 11) is 0. The average Bonchev–Trinajstić information content (AvgIpc) is 2.61. The molecule has 23 heavy (non-hydrogen) atoms. The number of amides is 1. The predicted octanol–water partition coefficient (Wildman–Crippen LogP) is 2.50. The van der Waals surface area contributed by atoms with Crippen molar-refractivity contribution < 1.29 is 9.53 Å². The van der Waals surface area contributed by atoms with Crippen molar-refractivity contribution in [2.24, 2.45) is 0 Å². The summed E-state index contributed by atoms with van der Waals surface area (Å²) >= 11 is 0. The Morgan fingerprint density at radius 2 is 1.83 bits per heavy atom. The maximum atomic E-state index is 12.6. The van der Waals surface area contributed by atoms with E-state index in [9.17, 15) is 4.79 Å². The Morgan fingerprint density at radius 3 is 2.52 bits per heavy atom. The second-order valence-electron chi connectivity index (χ2n) is 6.66. The molecule has 126 valence electrons. The van der Waals surface area contributed by atoms with Gasteiger partial charge in [-0.25, -0.2) is 0 Å². The van der Waals surface area contributed by atoms with Crippen LogP contribution in [0.25, 0.3) is 0 Å². The van der Waals surface area contributed by atoms with Gasteiger partial charge in [0, 0.05) is 26.2 Å². The Hall–Kier alpha value is -1.55. The van der Waals surface area contributed by atoms with Crippen molar-refractivity contribution in [2.75, 3.05) is 32.7 Å². The molecule has 0 aromatic heterocycles. The zero-order valence-electron chi connectivity index (χ0n) is 14.4. The molecule has 4 heteroatoms. The molecule has 0 saturated carbocycles. The van der Waals surface area contributed by atoms with Gasteiger partial charge >= 0.3 is 0 Å². The number of piperazine rings is 1. The molecule has 1 saturated heterocycles. The van der Waals surface area contributed by atoms with Crippen molar-refractivity contribution in [1.29, 1.82) is 0 Å². The number of hydrogen-bond donors (Lipinski definition) is 0. The zero-order chi connectivity index (χ0) is 16.2. The Labute approximate surface area is 139 Å². The van der Waals surface area contributed by atoms with Crippen LogP contribution in [0.3, 0.4) is 0 Å². The fraction of sp³-hybridized carbons (Fsp3) is 0.632. The third-order valence-electron chi connectivity index (χ3n) is 5.11. The zero-order valence-corrected chi connectivity index (χ0v) is 14.4. The standard InChI is InChI=1S/C19H28N2O2/c1-3-20-10-12-21(13-11-20)19(22)15(2)23-18-9-8-16-6-4-5-7-17(16)14-18/h8-9,14-15H,3-7,10-13H2,1-2H3/t15-/m1/s1. The highest BCUT2D eigenvalue weighted by atomic mass is 16.5. The normalized spacial score (nSPS) is 20.0. The Kier molecular flexibility index (Phi) is 5.21. The summed E-state index contributed by atoms with van der Waals surface area (Å²) in [6.45, 7) is 8.65. The highest BCUT2D eigenvalue weighted by Gasteiger charge is 2.25. The van der Waals surface area contributed by atoms with Crippen LogP contribution in [-0.4, -0.2) is 54.5 Å². The van der Waals surface area contributed by atoms with Gasteiger partial charge in [0.15, 0.2) is 6.10 Å². The third-order valence-corrected chi connectivity index (χ3v) is 5.11. The van der Waals surface area contributed by atoms with Crippen molar-refractivity contribution in [3.05, 3.63) is 29.3 Å². The van der Waals surface area contributed by atoms with Crippen LogP contribution in [0.1, 0.15) is 37.8 Å². The van der Waals surface area contributed by atoms with E-state index in [1.807, 2.05) is 17.9 Å². The molecule has 0 bridgehead atoms. The van der Waals surface area contributed by atoms with Crippen LogP contribution in [0, 0.1) is 0 Å². The number of benzene rings is 1. The van der Waals surface area contributed by atoms with Gasteiger partial charge in [0.2, 0.25) is 0 Å². The molecule has 1 amide bonds. The van der Waals surface area contributed by atoms with Crippen molar-refractivity contribution in [2.45, 2.75) is 45.6 Å². The van der Waals surface area contributed by atoms with Crippen molar-refractivity contribution in [1.82, 2.24) is 9.80 Å². The number of likely N-dealkylation sites (N-methyl/N-ethyl adjacent to an activating group) is 1. The van der Waals surface area contributed by atoms with Crippen LogP contribution < -0.4 is 4.74 Å². The van der Waals surface area contributed by atoms with E-state index in [4.69, 9.17) is 4.74 Å². The molecule has 1 aromatic rings. The summed E-state index contributed by atoms with van der Waals surface area (Å²) in [6.07, 6.45) is 4.43. The maximum absolute atomic E-state index is 12.6. The van der Waals surface area contributed by atoms with Gasteiger partial charge < -0.3 is 14.5 Å². The second kappa shape index (κ2) is 7.35. The van der Waals surface area contributed by atoms with Gasteiger partial charge in [-0.1, -0.05) is 13.0 Å². The number of nitrogens with zero attached hydrogens (tertiary/aromatic N) is 2. The van der Waals surface area contributed by atoms with E-state index in [1.54, 1.807) is 0 Å². The van der Waals surface area contributed by atoms with E-state index in [0.29, 0.717) is 0 Å². The van der Waals surface area contributed by atoms with Gasteiger partial charge in [-0.2, -0.15) is 0 Å². The summed E-state index contributed by atoms with van der Waals surface area (Å²) in [5, 5.41) is 0. The summed E-state index contributed by atoms with van der Waals surface area (Å²) in [6, 6.07) is 6.32. The number of aryl methyl sites for hydroxylation is 2. The Morgan fingerprint density at radius 1 is 1.13 bits per heavy atom. The number of carbonyl (C=O) groups is 1. The van der Waals surface area contributed by atoms with Crippen LogP contribution in [0.2, 0.25) is 0 Å². The minimum Gasteiger partial charge on any atom is -0.481 e. The second-order valence-corrected chi connectivity index (χ2v) is 6.66. The van der Waals surface area contributed by atoms with E-state index in [1.165, 1.54) is 30.4 Å². The summed E-state index contributed by atoms with van der Waals surface area (Å²) in [5.74, 6) is 0.942. The van der Waals surface area contributed by atoms with E-state index < -0.39 is 6.10 Å². The van der Waals surface area contributed by atoms with E-state index in [2.05, 4.69) is 24.0 Å². The van der Waals surface area contributed by atoms with Crippen LogP contribution >= 0.6 is 0 Å². The lowest BCUT2D eigenvalue weighted by Gasteiger charge is -2.35. The largest absolute Gasteiger partial charge is 0.481 e. The fourth-order valence-corrected chi connectivity index (χ4v) is 3.58. The minimum atomic E-state index is -0.412. The molecule has 0 radical (unpaired) electrons. The van der Waals surface area contributed by atoms with Gasteiger partial charge in [0.05, 0.1) is 0 Å². The molecular weight excluding hydrogens is 288 g/mol. The molecular formula is C19H28N2O2. The quantitative estimate of drug-likeness (QED) is 0.855. The lowest BCUT2D eigenvalue weighted by Crippen LogP contribution is -2.51. The number of fused-ring (bicyclic) bond motifs is 1.